The Hall–Kier alpha value is -0.910. The summed E-state index contributed by atoms with van der Waals surface area (Å²) in [6.07, 6.45) is 2.23. The zero-order valence-electron chi connectivity index (χ0n) is 13.3. The average molecular weight is 310 g/mol. The average Bonchev–Trinajstić information content (AvgIpc) is 2.40. The van der Waals surface area contributed by atoms with Crippen molar-refractivity contribution in [2.45, 2.75) is 44.2 Å². The molecule has 1 aromatic rings. The maximum Gasteiger partial charge on any atom is 0.175 e. The predicted octanol–water partition coefficient (Wildman–Crippen LogP) is 2.21. The van der Waals surface area contributed by atoms with E-state index in [1.54, 1.807) is 12.1 Å². The van der Waals surface area contributed by atoms with Gasteiger partial charge in [-0.25, -0.2) is 8.42 Å². The maximum absolute atomic E-state index is 11.5. The van der Waals surface area contributed by atoms with Crippen molar-refractivity contribution in [3.63, 3.8) is 0 Å². The topological polar surface area (TPSA) is 63.4 Å². The summed E-state index contributed by atoms with van der Waals surface area (Å²) in [5, 5.41) is 0. The summed E-state index contributed by atoms with van der Waals surface area (Å²) in [4.78, 5) is 2.80. The molecule has 5 heteroatoms. The molecule has 21 heavy (non-hydrogen) atoms. The van der Waals surface area contributed by atoms with Crippen LogP contribution < -0.4 is 5.73 Å². The fourth-order valence-corrected chi connectivity index (χ4v) is 3.58. The van der Waals surface area contributed by atoms with E-state index in [0.717, 1.165) is 25.1 Å². The molecule has 118 valence electrons. The summed E-state index contributed by atoms with van der Waals surface area (Å²) in [7, 11) is -3.13. The zero-order chi connectivity index (χ0) is 15.8. The number of sulfone groups is 1. The highest BCUT2D eigenvalue weighted by Gasteiger charge is 2.35. The minimum Gasteiger partial charge on any atom is -0.327 e. The van der Waals surface area contributed by atoms with Gasteiger partial charge in [0.15, 0.2) is 9.84 Å². The first-order valence-electron chi connectivity index (χ1n) is 7.41. The standard InChI is InChI=1S/C16H26N2O2S/c1-12(18-10-9-15(17)16(2,3)11-18)13-5-7-14(8-6-13)21(4,19)20/h5-8,12,15H,9-11,17H2,1-4H3. The van der Waals surface area contributed by atoms with Gasteiger partial charge < -0.3 is 5.73 Å². The van der Waals surface area contributed by atoms with E-state index in [0.29, 0.717) is 4.90 Å². The quantitative estimate of drug-likeness (QED) is 0.930. The smallest absolute Gasteiger partial charge is 0.175 e. The van der Waals surface area contributed by atoms with Gasteiger partial charge in [0, 0.05) is 31.4 Å². The molecule has 2 N–H and O–H groups in total. The van der Waals surface area contributed by atoms with Crippen molar-refractivity contribution in [3.8, 4) is 0 Å². The largest absolute Gasteiger partial charge is 0.327 e. The lowest BCUT2D eigenvalue weighted by atomic mass is 9.79. The number of hydrogen-bond donors (Lipinski definition) is 1. The molecule has 0 amide bonds. The number of piperidine rings is 1. The first-order valence-corrected chi connectivity index (χ1v) is 9.30. The third-order valence-electron chi connectivity index (χ3n) is 4.68. The second kappa shape index (κ2) is 5.71. The molecule has 4 nitrogen and oxygen atoms in total. The summed E-state index contributed by atoms with van der Waals surface area (Å²) in [6.45, 7) is 8.54. The van der Waals surface area contributed by atoms with E-state index in [2.05, 4.69) is 25.7 Å². The third-order valence-corrected chi connectivity index (χ3v) is 5.81. The van der Waals surface area contributed by atoms with Gasteiger partial charge in [-0.2, -0.15) is 0 Å². The molecule has 0 spiro atoms. The van der Waals surface area contributed by atoms with E-state index in [1.165, 1.54) is 6.26 Å². The van der Waals surface area contributed by atoms with Gasteiger partial charge in [-0.15, -0.1) is 0 Å². The van der Waals surface area contributed by atoms with Crippen LogP contribution in [0, 0.1) is 5.41 Å². The molecule has 0 bridgehead atoms. The molecular formula is C16H26N2O2S. The first-order chi connectivity index (χ1) is 9.61. The van der Waals surface area contributed by atoms with E-state index in [4.69, 9.17) is 5.73 Å². The van der Waals surface area contributed by atoms with E-state index in [-0.39, 0.29) is 17.5 Å². The van der Waals surface area contributed by atoms with Crippen LogP contribution in [0.2, 0.25) is 0 Å². The second-order valence-electron chi connectivity index (χ2n) is 6.87. The van der Waals surface area contributed by atoms with Gasteiger partial charge in [0.1, 0.15) is 0 Å². The Balaban J connectivity index is 2.15. The molecule has 1 aromatic carbocycles. The Morgan fingerprint density at radius 1 is 1.29 bits per heavy atom. The Labute approximate surface area is 128 Å². The lowest BCUT2D eigenvalue weighted by Crippen LogP contribution is -2.52. The molecule has 2 unspecified atom stereocenters. The van der Waals surface area contributed by atoms with Crippen LogP contribution >= 0.6 is 0 Å². The lowest BCUT2D eigenvalue weighted by molar-refractivity contribution is 0.0664. The van der Waals surface area contributed by atoms with Crippen molar-refractivity contribution in [2.24, 2.45) is 11.1 Å². The van der Waals surface area contributed by atoms with Crippen LogP contribution in [-0.2, 0) is 9.84 Å². The molecule has 0 aliphatic carbocycles. The van der Waals surface area contributed by atoms with Crippen LogP contribution in [0.1, 0.15) is 38.8 Å². The van der Waals surface area contributed by atoms with Crippen LogP contribution in [0.15, 0.2) is 29.2 Å². The van der Waals surface area contributed by atoms with Crippen molar-refractivity contribution in [1.82, 2.24) is 4.90 Å². The molecular weight excluding hydrogens is 284 g/mol. The van der Waals surface area contributed by atoms with Crippen molar-refractivity contribution in [1.29, 1.82) is 0 Å². The summed E-state index contributed by atoms with van der Waals surface area (Å²) < 4.78 is 23.0. The number of hydrogen-bond acceptors (Lipinski definition) is 4. The Kier molecular flexibility index (Phi) is 4.47. The van der Waals surface area contributed by atoms with Gasteiger partial charge in [-0.1, -0.05) is 26.0 Å². The van der Waals surface area contributed by atoms with Crippen LogP contribution in [0.3, 0.4) is 0 Å². The van der Waals surface area contributed by atoms with Crippen molar-refractivity contribution < 1.29 is 8.42 Å². The summed E-state index contributed by atoms with van der Waals surface area (Å²) in [5.74, 6) is 0. The number of benzene rings is 1. The zero-order valence-corrected chi connectivity index (χ0v) is 14.2. The van der Waals surface area contributed by atoms with E-state index < -0.39 is 9.84 Å². The molecule has 0 saturated carbocycles. The van der Waals surface area contributed by atoms with Gasteiger partial charge in [-0.05, 0) is 36.5 Å². The van der Waals surface area contributed by atoms with Gasteiger partial charge in [0.05, 0.1) is 4.90 Å². The number of rotatable bonds is 3. The second-order valence-corrected chi connectivity index (χ2v) is 8.89. The van der Waals surface area contributed by atoms with Crippen LogP contribution in [-0.4, -0.2) is 38.7 Å². The number of nitrogens with zero attached hydrogens (tertiary/aromatic N) is 1. The highest BCUT2D eigenvalue weighted by Crippen LogP contribution is 2.33. The minimum absolute atomic E-state index is 0.110. The number of likely N-dealkylation sites (tertiary alicyclic amines) is 1. The predicted molar refractivity (Wildman–Crippen MR) is 85.9 cm³/mol. The van der Waals surface area contributed by atoms with E-state index in [9.17, 15) is 8.42 Å². The molecule has 2 rings (SSSR count). The summed E-state index contributed by atoms with van der Waals surface area (Å²) in [6, 6.07) is 7.74. The summed E-state index contributed by atoms with van der Waals surface area (Å²) in [5.41, 5.74) is 7.45. The Bertz CT molecular complexity index is 593. The Morgan fingerprint density at radius 3 is 2.33 bits per heavy atom. The molecule has 1 fully saturated rings. The van der Waals surface area contributed by atoms with Crippen LogP contribution in [0.5, 0.6) is 0 Å². The van der Waals surface area contributed by atoms with E-state index >= 15 is 0 Å². The molecule has 1 aliphatic heterocycles. The lowest BCUT2D eigenvalue weighted by Gasteiger charge is -2.45. The maximum atomic E-state index is 11.5. The minimum atomic E-state index is -3.13. The monoisotopic (exact) mass is 310 g/mol. The van der Waals surface area contributed by atoms with Crippen molar-refractivity contribution >= 4 is 9.84 Å². The third kappa shape index (κ3) is 3.65. The van der Waals surface area contributed by atoms with Gasteiger partial charge in [-0.3, -0.25) is 4.90 Å². The summed E-state index contributed by atoms with van der Waals surface area (Å²) >= 11 is 0. The fourth-order valence-electron chi connectivity index (χ4n) is 2.95. The van der Waals surface area contributed by atoms with E-state index in [1.807, 2.05) is 12.1 Å². The van der Waals surface area contributed by atoms with Crippen LogP contribution in [0.4, 0.5) is 0 Å². The van der Waals surface area contributed by atoms with Gasteiger partial charge >= 0.3 is 0 Å². The SMILES string of the molecule is CC(c1ccc(S(C)(=O)=O)cc1)N1CCC(N)C(C)(C)C1. The van der Waals surface area contributed by atoms with Crippen molar-refractivity contribution in [2.75, 3.05) is 19.3 Å². The molecule has 1 heterocycles. The molecule has 2 atom stereocenters. The molecule has 0 aromatic heterocycles. The Morgan fingerprint density at radius 2 is 1.86 bits per heavy atom. The molecule has 1 saturated heterocycles. The fraction of sp³-hybridized carbons (Fsp3) is 0.625. The van der Waals surface area contributed by atoms with Gasteiger partial charge in [0.25, 0.3) is 0 Å². The molecule has 1 aliphatic rings. The molecule has 0 radical (unpaired) electrons. The first kappa shape index (κ1) is 16.5. The highest BCUT2D eigenvalue weighted by molar-refractivity contribution is 7.90. The number of nitrogens with two attached hydrogens (primary N) is 1. The van der Waals surface area contributed by atoms with Gasteiger partial charge in [0.2, 0.25) is 0 Å². The highest BCUT2D eigenvalue weighted by atomic mass is 32.2. The normalized spacial score (nSPS) is 24.7. The van der Waals surface area contributed by atoms with Crippen LogP contribution in [0.25, 0.3) is 0 Å². The van der Waals surface area contributed by atoms with Crippen molar-refractivity contribution in [3.05, 3.63) is 29.8 Å².